The molecule has 0 aromatic carbocycles. The molecule has 88 valence electrons. The molecule has 1 rings (SSSR count). The highest BCUT2D eigenvalue weighted by Crippen LogP contribution is 2.17. The first kappa shape index (κ1) is 13.5. The molecular weight excluding hydrogens is 204 g/mol. The van der Waals surface area contributed by atoms with Crippen LogP contribution < -0.4 is 0 Å². The lowest BCUT2D eigenvalue weighted by Gasteiger charge is -2.11. The van der Waals surface area contributed by atoms with Crippen LogP contribution in [-0.2, 0) is 9.47 Å². The number of hydrogen-bond acceptors (Lipinski definition) is 4. The average Bonchev–Trinajstić information content (AvgIpc) is 2.27. The predicted molar refractivity (Wildman–Crippen MR) is 50.9 cm³/mol. The van der Waals surface area contributed by atoms with Crippen molar-refractivity contribution in [3.63, 3.8) is 0 Å². The summed E-state index contributed by atoms with van der Waals surface area (Å²) in [6.07, 6.45) is -0.497. The van der Waals surface area contributed by atoms with Gasteiger partial charge in [-0.15, -0.1) is 0 Å². The molecule has 2 unspecified atom stereocenters. The van der Waals surface area contributed by atoms with Gasteiger partial charge in [-0.3, -0.25) is 0 Å². The van der Waals surface area contributed by atoms with Crippen molar-refractivity contribution in [2.75, 3.05) is 6.61 Å². The van der Waals surface area contributed by atoms with E-state index >= 15 is 0 Å². The topological polar surface area (TPSA) is 93.1 Å². The minimum Gasteiger partial charge on any atom is -0.450 e. The Morgan fingerprint density at radius 1 is 1.53 bits per heavy atom. The Morgan fingerprint density at radius 2 is 2.07 bits per heavy atom. The van der Waals surface area contributed by atoms with Crippen LogP contribution in [0.2, 0.25) is 0 Å². The molecule has 0 radical (unpaired) electrons. The summed E-state index contributed by atoms with van der Waals surface area (Å²) in [4.78, 5) is 19.3. The summed E-state index contributed by atoms with van der Waals surface area (Å²) in [5, 5.41) is 13.9. The molecule has 1 aliphatic rings. The molecule has 0 saturated carbocycles. The smallest absolute Gasteiger partial charge is 0.450 e. The molecule has 6 heteroatoms. The molecule has 0 spiro atoms. The summed E-state index contributed by atoms with van der Waals surface area (Å²) >= 11 is 0. The van der Waals surface area contributed by atoms with E-state index in [-0.39, 0.29) is 6.10 Å². The second kappa shape index (κ2) is 6.92. The van der Waals surface area contributed by atoms with Crippen LogP contribution in [0.4, 0.5) is 9.59 Å². The zero-order valence-electron chi connectivity index (χ0n) is 8.80. The van der Waals surface area contributed by atoms with Gasteiger partial charge in [0, 0.05) is 0 Å². The van der Waals surface area contributed by atoms with Crippen molar-refractivity contribution in [2.45, 2.75) is 32.8 Å². The van der Waals surface area contributed by atoms with Crippen LogP contribution in [0.3, 0.4) is 0 Å². The number of rotatable bonds is 1. The monoisotopic (exact) mass is 220 g/mol. The third-order valence-corrected chi connectivity index (χ3v) is 1.87. The van der Waals surface area contributed by atoms with E-state index in [1.54, 1.807) is 0 Å². The minimum atomic E-state index is -1.83. The Balaban J connectivity index is 0.000000423. The number of carboxylic acid groups (broad SMARTS) is 2. The van der Waals surface area contributed by atoms with Gasteiger partial charge < -0.3 is 19.7 Å². The summed E-state index contributed by atoms with van der Waals surface area (Å²) in [6.45, 7) is 4.57. The van der Waals surface area contributed by atoms with Crippen LogP contribution in [-0.4, -0.2) is 35.2 Å². The normalized spacial score (nSPS) is 25.1. The Kier molecular flexibility index (Phi) is 6.24. The maximum Gasteiger partial charge on any atom is 0.508 e. The zero-order chi connectivity index (χ0) is 11.8. The number of hydrogen-bond donors (Lipinski definition) is 2. The van der Waals surface area contributed by atoms with Crippen LogP contribution in [0.25, 0.3) is 0 Å². The van der Waals surface area contributed by atoms with Crippen molar-refractivity contribution >= 4 is 12.3 Å². The Bertz CT molecular complexity index is 211. The first-order valence-corrected chi connectivity index (χ1v) is 4.71. The first-order chi connectivity index (χ1) is 6.95. The fraction of sp³-hybridized carbons (Fsp3) is 0.778. The Morgan fingerprint density at radius 3 is 2.53 bits per heavy atom. The minimum absolute atomic E-state index is 0.0556. The van der Waals surface area contributed by atoms with E-state index in [1.165, 1.54) is 0 Å². The largest absolute Gasteiger partial charge is 0.508 e. The fourth-order valence-electron chi connectivity index (χ4n) is 1.20. The molecule has 1 heterocycles. The molecule has 0 aliphatic carbocycles. The molecule has 2 atom stereocenters. The first-order valence-electron chi connectivity index (χ1n) is 4.71. The van der Waals surface area contributed by atoms with Gasteiger partial charge in [-0.25, -0.2) is 9.59 Å². The summed E-state index contributed by atoms with van der Waals surface area (Å²) < 4.78 is 9.76. The summed E-state index contributed by atoms with van der Waals surface area (Å²) in [7, 11) is 0. The van der Waals surface area contributed by atoms with Gasteiger partial charge in [0.15, 0.2) is 0 Å². The molecule has 1 saturated heterocycles. The third kappa shape index (κ3) is 7.60. The number of ether oxygens (including phenoxy) is 2. The quantitative estimate of drug-likeness (QED) is 0.658. The zero-order valence-corrected chi connectivity index (χ0v) is 8.80. The molecule has 0 aromatic rings. The van der Waals surface area contributed by atoms with Crippen molar-refractivity contribution in [1.82, 2.24) is 0 Å². The maximum absolute atomic E-state index is 10.8. The van der Waals surface area contributed by atoms with Crippen molar-refractivity contribution in [1.29, 1.82) is 0 Å². The number of cyclic esters (lactones) is 2. The second-order valence-corrected chi connectivity index (χ2v) is 3.33. The SMILES string of the molecule is CCC1CC(C)COC(=O)O1.O=C(O)O. The second-order valence-electron chi connectivity index (χ2n) is 3.33. The summed E-state index contributed by atoms with van der Waals surface area (Å²) in [6, 6.07) is 0. The average molecular weight is 220 g/mol. The van der Waals surface area contributed by atoms with Gasteiger partial charge in [0.05, 0.1) is 6.61 Å². The van der Waals surface area contributed by atoms with Gasteiger partial charge in [-0.1, -0.05) is 13.8 Å². The predicted octanol–water partition coefficient (Wildman–Crippen LogP) is 2.18. The van der Waals surface area contributed by atoms with Crippen LogP contribution in [0.1, 0.15) is 26.7 Å². The van der Waals surface area contributed by atoms with Gasteiger partial charge in [-0.2, -0.15) is 0 Å². The van der Waals surface area contributed by atoms with Crippen LogP contribution in [0, 0.1) is 5.92 Å². The van der Waals surface area contributed by atoms with Crippen LogP contribution in [0.15, 0.2) is 0 Å². The van der Waals surface area contributed by atoms with Gasteiger partial charge >= 0.3 is 12.3 Å². The van der Waals surface area contributed by atoms with E-state index in [1.807, 2.05) is 6.92 Å². The summed E-state index contributed by atoms with van der Waals surface area (Å²) in [5.74, 6) is 0.423. The fourth-order valence-corrected chi connectivity index (χ4v) is 1.20. The number of carbonyl (C=O) groups excluding carboxylic acids is 1. The van der Waals surface area contributed by atoms with Crippen molar-refractivity contribution < 1.29 is 29.3 Å². The summed E-state index contributed by atoms with van der Waals surface area (Å²) in [5.41, 5.74) is 0. The van der Waals surface area contributed by atoms with E-state index in [0.717, 1.165) is 12.8 Å². The molecule has 15 heavy (non-hydrogen) atoms. The molecular formula is C9H16O6. The highest BCUT2D eigenvalue weighted by Gasteiger charge is 2.22. The molecule has 2 N–H and O–H groups in total. The van der Waals surface area contributed by atoms with Crippen molar-refractivity contribution in [3.8, 4) is 0 Å². The molecule has 1 fully saturated rings. The van der Waals surface area contributed by atoms with Gasteiger partial charge in [-0.05, 0) is 18.8 Å². The standard InChI is InChI=1S/C8H14O3.CH2O3/c1-3-7-4-6(2)5-10-8(9)11-7;2-1(3)4/h6-7H,3-5H2,1-2H3;(H2,2,3,4). The van der Waals surface area contributed by atoms with Gasteiger partial charge in [0.25, 0.3) is 0 Å². The van der Waals surface area contributed by atoms with E-state index < -0.39 is 12.3 Å². The molecule has 0 amide bonds. The van der Waals surface area contributed by atoms with E-state index in [9.17, 15) is 4.79 Å². The van der Waals surface area contributed by atoms with Crippen molar-refractivity contribution in [3.05, 3.63) is 0 Å². The lowest BCUT2D eigenvalue weighted by atomic mass is 10.0. The Hall–Kier alpha value is -1.46. The Labute approximate surface area is 87.8 Å². The molecule has 0 aromatic heterocycles. The third-order valence-electron chi connectivity index (χ3n) is 1.87. The highest BCUT2D eigenvalue weighted by atomic mass is 16.7. The lowest BCUT2D eigenvalue weighted by molar-refractivity contribution is 0.0416. The number of carbonyl (C=O) groups is 2. The molecule has 6 nitrogen and oxygen atoms in total. The van der Waals surface area contributed by atoms with E-state index in [0.29, 0.717) is 12.5 Å². The van der Waals surface area contributed by atoms with E-state index in [2.05, 4.69) is 6.92 Å². The molecule has 0 bridgehead atoms. The van der Waals surface area contributed by atoms with Gasteiger partial charge in [0.2, 0.25) is 0 Å². The van der Waals surface area contributed by atoms with Crippen LogP contribution >= 0.6 is 0 Å². The van der Waals surface area contributed by atoms with Crippen LogP contribution in [0.5, 0.6) is 0 Å². The highest BCUT2D eigenvalue weighted by molar-refractivity contribution is 5.60. The van der Waals surface area contributed by atoms with Gasteiger partial charge in [0.1, 0.15) is 6.10 Å². The van der Waals surface area contributed by atoms with Crippen molar-refractivity contribution in [2.24, 2.45) is 5.92 Å². The molecule has 1 aliphatic heterocycles. The maximum atomic E-state index is 10.8. The lowest BCUT2D eigenvalue weighted by Crippen LogP contribution is -2.14. The van der Waals surface area contributed by atoms with E-state index in [4.69, 9.17) is 24.5 Å².